The standard InChI is InChI=1S/C21H22N2O2S/c1-3-11-25-19-10-5-4-9-18(19)20(24)23-21-22-14-17(26-21)13-16-8-6-7-15(2)12-16/h4-10,12,14H,3,11,13H2,1-2H3,(H,22,23,24). The van der Waals surface area contributed by atoms with Crippen molar-refractivity contribution in [2.75, 3.05) is 11.9 Å². The average Bonchev–Trinajstić information content (AvgIpc) is 3.07. The van der Waals surface area contributed by atoms with Gasteiger partial charge >= 0.3 is 0 Å². The van der Waals surface area contributed by atoms with Crippen molar-refractivity contribution in [2.24, 2.45) is 0 Å². The minimum absolute atomic E-state index is 0.201. The molecule has 3 aromatic rings. The number of ether oxygens (including phenoxy) is 1. The number of hydrogen-bond donors (Lipinski definition) is 1. The number of aryl methyl sites for hydroxylation is 1. The summed E-state index contributed by atoms with van der Waals surface area (Å²) >= 11 is 1.50. The van der Waals surface area contributed by atoms with Gasteiger partial charge in [0.2, 0.25) is 0 Å². The van der Waals surface area contributed by atoms with E-state index in [-0.39, 0.29) is 5.91 Å². The average molecular weight is 366 g/mol. The van der Waals surface area contributed by atoms with Gasteiger partial charge in [0.05, 0.1) is 12.2 Å². The van der Waals surface area contributed by atoms with Crippen molar-refractivity contribution in [1.29, 1.82) is 0 Å². The molecule has 0 saturated carbocycles. The molecule has 0 radical (unpaired) electrons. The number of hydrogen-bond acceptors (Lipinski definition) is 4. The van der Waals surface area contributed by atoms with Gasteiger partial charge in [-0.25, -0.2) is 4.98 Å². The van der Waals surface area contributed by atoms with Crippen LogP contribution in [0.25, 0.3) is 0 Å². The fourth-order valence-corrected chi connectivity index (χ4v) is 3.47. The Balaban J connectivity index is 1.68. The van der Waals surface area contributed by atoms with Crippen LogP contribution in [0.15, 0.2) is 54.7 Å². The largest absolute Gasteiger partial charge is 0.493 e. The number of benzene rings is 2. The second kappa shape index (κ2) is 8.63. The second-order valence-electron chi connectivity index (χ2n) is 6.10. The molecule has 4 nitrogen and oxygen atoms in total. The number of nitrogens with one attached hydrogen (secondary N) is 1. The first-order valence-electron chi connectivity index (χ1n) is 8.69. The lowest BCUT2D eigenvalue weighted by Gasteiger charge is -2.09. The quantitative estimate of drug-likeness (QED) is 0.634. The molecule has 1 aromatic heterocycles. The number of amides is 1. The van der Waals surface area contributed by atoms with Crippen LogP contribution in [0.5, 0.6) is 5.75 Å². The van der Waals surface area contributed by atoms with Crippen molar-refractivity contribution in [2.45, 2.75) is 26.7 Å². The summed E-state index contributed by atoms with van der Waals surface area (Å²) in [6.45, 7) is 4.70. The fourth-order valence-electron chi connectivity index (χ4n) is 2.63. The third kappa shape index (κ3) is 4.70. The van der Waals surface area contributed by atoms with Gasteiger partial charge in [0.15, 0.2) is 5.13 Å². The molecule has 0 spiro atoms. The van der Waals surface area contributed by atoms with Gasteiger partial charge in [-0.2, -0.15) is 0 Å². The molecular weight excluding hydrogens is 344 g/mol. The highest BCUT2D eigenvalue weighted by Crippen LogP contribution is 2.24. The van der Waals surface area contributed by atoms with Gasteiger partial charge in [-0.1, -0.05) is 48.9 Å². The second-order valence-corrected chi connectivity index (χ2v) is 7.21. The van der Waals surface area contributed by atoms with Gasteiger partial charge in [0, 0.05) is 17.5 Å². The van der Waals surface area contributed by atoms with Crippen molar-refractivity contribution < 1.29 is 9.53 Å². The lowest BCUT2D eigenvalue weighted by Crippen LogP contribution is -2.13. The summed E-state index contributed by atoms with van der Waals surface area (Å²) in [5.41, 5.74) is 3.01. The molecule has 5 heteroatoms. The molecular formula is C21H22N2O2S. The summed E-state index contributed by atoms with van der Waals surface area (Å²) in [5, 5.41) is 3.48. The molecule has 1 heterocycles. The molecule has 26 heavy (non-hydrogen) atoms. The van der Waals surface area contributed by atoms with Crippen molar-refractivity contribution in [3.8, 4) is 5.75 Å². The number of nitrogens with zero attached hydrogens (tertiary/aromatic N) is 1. The molecule has 0 saturated heterocycles. The van der Waals surface area contributed by atoms with Crippen LogP contribution in [-0.2, 0) is 6.42 Å². The van der Waals surface area contributed by atoms with Crippen LogP contribution in [0.3, 0.4) is 0 Å². The van der Waals surface area contributed by atoms with Crippen LogP contribution < -0.4 is 10.1 Å². The minimum atomic E-state index is -0.201. The summed E-state index contributed by atoms with van der Waals surface area (Å²) in [7, 11) is 0. The topological polar surface area (TPSA) is 51.2 Å². The maximum absolute atomic E-state index is 12.6. The lowest BCUT2D eigenvalue weighted by atomic mass is 10.1. The number of carbonyl (C=O) groups excluding carboxylic acids is 1. The Morgan fingerprint density at radius 2 is 2.04 bits per heavy atom. The van der Waals surface area contributed by atoms with Crippen molar-refractivity contribution in [3.05, 3.63) is 76.3 Å². The van der Waals surface area contributed by atoms with Crippen LogP contribution in [0.4, 0.5) is 5.13 Å². The smallest absolute Gasteiger partial charge is 0.261 e. The van der Waals surface area contributed by atoms with E-state index < -0.39 is 0 Å². The van der Waals surface area contributed by atoms with Crippen LogP contribution in [0.1, 0.15) is 39.7 Å². The van der Waals surface area contributed by atoms with Gasteiger partial charge in [-0.3, -0.25) is 10.1 Å². The van der Waals surface area contributed by atoms with Gasteiger partial charge in [0.1, 0.15) is 5.75 Å². The molecule has 0 bridgehead atoms. The molecule has 0 atom stereocenters. The molecule has 0 aliphatic carbocycles. The van der Waals surface area contributed by atoms with E-state index in [4.69, 9.17) is 4.74 Å². The van der Waals surface area contributed by atoms with Crippen molar-refractivity contribution in [3.63, 3.8) is 0 Å². The van der Waals surface area contributed by atoms with E-state index in [1.807, 2.05) is 31.3 Å². The third-order valence-corrected chi connectivity index (χ3v) is 4.74. The van der Waals surface area contributed by atoms with Gasteiger partial charge in [-0.15, -0.1) is 11.3 Å². The van der Waals surface area contributed by atoms with E-state index in [1.165, 1.54) is 22.5 Å². The molecule has 0 fully saturated rings. The molecule has 0 aliphatic heterocycles. The maximum atomic E-state index is 12.6. The molecule has 0 unspecified atom stereocenters. The molecule has 1 N–H and O–H groups in total. The Labute approximate surface area is 157 Å². The van der Waals surface area contributed by atoms with E-state index in [2.05, 4.69) is 41.5 Å². The molecule has 2 aromatic carbocycles. The zero-order valence-electron chi connectivity index (χ0n) is 15.0. The Hall–Kier alpha value is -2.66. The number of aromatic nitrogens is 1. The molecule has 1 amide bonds. The van der Waals surface area contributed by atoms with Crippen LogP contribution in [-0.4, -0.2) is 17.5 Å². The highest BCUT2D eigenvalue weighted by Gasteiger charge is 2.14. The summed E-state index contributed by atoms with van der Waals surface area (Å²) in [6.07, 6.45) is 3.53. The highest BCUT2D eigenvalue weighted by atomic mass is 32.1. The number of carbonyl (C=O) groups is 1. The first-order valence-corrected chi connectivity index (χ1v) is 9.51. The highest BCUT2D eigenvalue weighted by molar-refractivity contribution is 7.15. The SMILES string of the molecule is CCCOc1ccccc1C(=O)Nc1ncc(Cc2cccc(C)c2)s1. The predicted molar refractivity (Wildman–Crippen MR) is 106 cm³/mol. The molecule has 0 aliphatic rings. The molecule has 3 rings (SSSR count). The van der Waals surface area contributed by atoms with E-state index in [9.17, 15) is 4.79 Å². The summed E-state index contributed by atoms with van der Waals surface area (Å²) < 4.78 is 5.66. The Morgan fingerprint density at radius 3 is 2.85 bits per heavy atom. The lowest BCUT2D eigenvalue weighted by molar-refractivity contribution is 0.102. The number of thiazole rings is 1. The van der Waals surface area contributed by atoms with Gasteiger partial charge in [0.25, 0.3) is 5.91 Å². The summed E-state index contributed by atoms with van der Waals surface area (Å²) in [4.78, 5) is 18.0. The first kappa shape index (κ1) is 18.1. The summed E-state index contributed by atoms with van der Waals surface area (Å²) in [5.74, 6) is 0.400. The monoisotopic (exact) mass is 366 g/mol. The zero-order chi connectivity index (χ0) is 18.4. The van der Waals surface area contributed by atoms with E-state index in [0.29, 0.717) is 23.1 Å². The van der Waals surface area contributed by atoms with E-state index in [1.54, 1.807) is 6.07 Å². The minimum Gasteiger partial charge on any atom is -0.493 e. The number of anilines is 1. The predicted octanol–water partition coefficient (Wildman–Crippen LogP) is 5.08. The van der Waals surface area contributed by atoms with E-state index >= 15 is 0 Å². The Morgan fingerprint density at radius 1 is 1.19 bits per heavy atom. The van der Waals surface area contributed by atoms with E-state index in [0.717, 1.165) is 17.7 Å². The zero-order valence-corrected chi connectivity index (χ0v) is 15.8. The summed E-state index contributed by atoms with van der Waals surface area (Å²) in [6, 6.07) is 15.7. The first-order chi connectivity index (χ1) is 12.7. The van der Waals surface area contributed by atoms with Crippen LogP contribution in [0, 0.1) is 6.92 Å². The molecule has 134 valence electrons. The Kier molecular flexibility index (Phi) is 6.02. The van der Waals surface area contributed by atoms with Crippen molar-refractivity contribution in [1.82, 2.24) is 4.98 Å². The normalized spacial score (nSPS) is 10.5. The van der Waals surface area contributed by atoms with Gasteiger partial charge < -0.3 is 4.74 Å². The fraction of sp³-hybridized carbons (Fsp3) is 0.238. The number of rotatable bonds is 7. The van der Waals surface area contributed by atoms with Gasteiger partial charge in [-0.05, 0) is 31.0 Å². The number of para-hydroxylation sites is 1. The maximum Gasteiger partial charge on any atom is 0.261 e. The third-order valence-electron chi connectivity index (χ3n) is 3.83. The van der Waals surface area contributed by atoms with Crippen LogP contribution >= 0.6 is 11.3 Å². The Bertz CT molecular complexity index is 889. The van der Waals surface area contributed by atoms with Crippen LogP contribution in [0.2, 0.25) is 0 Å². The van der Waals surface area contributed by atoms with Crippen molar-refractivity contribution >= 4 is 22.4 Å².